The number of amides is 1. The van der Waals surface area contributed by atoms with Gasteiger partial charge in [0.25, 0.3) is 11.6 Å². The molecule has 18 heavy (non-hydrogen) atoms. The largest absolute Gasteiger partial charge is 0.374 e. The Bertz CT molecular complexity index is 595. The summed E-state index contributed by atoms with van der Waals surface area (Å²) >= 11 is 1.03. The number of carbonyl (C=O) groups excluding carboxylic acids is 1. The van der Waals surface area contributed by atoms with Crippen LogP contribution in [0.2, 0.25) is 0 Å². The van der Waals surface area contributed by atoms with E-state index in [0.29, 0.717) is 0 Å². The topological polar surface area (TPSA) is 124 Å². The van der Waals surface area contributed by atoms with Crippen molar-refractivity contribution in [2.45, 2.75) is 0 Å². The molecule has 0 aliphatic carbocycles. The molecule has 0 spiro atoms. The van der Waals surface area contributed by atoms with Gasteiger partial charge in [0.1, 0.15) is 0 Å². The monoisotopic (exact) mass is 265 g/mol. The van der Waals surface area contributed by atoms with Crippen LogP contribution in [-0.2, 0) is 0 Å². The number of nitrogens with zero attached hydrogens (tertiary/aromatic N) is 3. The van der Waals surface area contributed by atoms with Crippen molar-refractivity contribution in [3.8, 4) is 0 Å². The molecule has 0 atom stereocenters. The fourth-order valence-electron chi connectivity index (χ4n) is 1.19. The number of nitrogen functional groups attached to an aromatic ring is 1. The molecule has 0 aliphatic heterocycles. The Morgan fingerprint density at radius 1 is 1.33 bits per heavy atom. The second-order valence-corrected chi connectivity index (χ2v) is 4.21. The van der Waals surface area contributed by atoms with Crippen molar-refractivity contribution in [3.05, 3.63) is 39.9 Å². The third-order valence-electron chi connectivity index (χ3n) is 2.00. The summed E-state index contributed by atoms with van der Waals surface area (Å²) in [5, 5.41) is 20.6. The van der Waals surface area contributed by atoms with Crippen molar-refractivity contribution in [3.63, 3.8) is 0 Å². The average molecular weight is 265 g/mol. The second-order valence-electron chi connectivity index (χ2n) is 3.20. The first-order valence-electron chi connectivity index (χ1n) is 4.71. The first-order valence-corrected chi connectivity index (χ1v) is 5.52. The van der Waals surface area contributed by atoms with Crippen molar-refractivity contribution in [1.82, 2.24) is 10.2 Å². The summed E-state index contributed by atoms with van der Waals surface area (Å²) in [7, 11) is 0. The number of rotatable bonds is 3. The zero-order chi connectivity index (χ0) is 13.1. The van der Waals surface area contributed by atoms with E-state index in [-0.39, 0.29) is 21.5 Å². The van der Waals surface area contributed by atoms with Crippen molar-refractivity contribution >= 4 is 33.2 Å². The minimum atomic E-state index is -0.535. The summed E-state index contributed by atoms with van der Waals surface area (Å²) in [4.78, 5) is 21.6. The number of nitrogens with one attached hydrogen (secondary N) is 1. The van der Waals surface area contributed by atoms with Crippen molar-refractivity contribution < 1.29 is 9.72 Å². The van der Waals surface area contributed by atoms with Crippen LogP contribution in [0, 0.1) is 10.1 Å². The Morgan fingerprint density at radius 2 is 2.00 bits per heavy atom. The van der Waals surface area contributed by atoms with Crippen molar-refractivity contribution in [1.29, 1.82) is 0 Å². The van der Waals surface area contributed by atoms with Crippen molar-refractivity contribution in [2.75, 3.05) is 11.1 Å². The number of hydrogen-bond donors (Lipinski definition) is 2. The normalized spacial score (nSPS) is 10.0. The van der Waals surface area contributed by atoms with Gasteiger partial charge in [0, 0.05) is 17.7 Å². The lowest BCUT2D eigenvalue weighted by Crippen LogP contribution is -2.11. The molecule has 0 unspecified atom stereocenters. The number of carbonyl (C=O) groups is 1. The Kier molecular flexibility index (Phi) is 3.15. The third kappa shape index (κ3) is 2.58. The molecule has 1 aromatic heterocycles. The lowest BCUT2D eigenvalue weighted by Gasteiger charge is -2.00. The van der Waals surface area contributed by atoms with E-state index in [1.54, 1.807) is 0 Å². The van der Waals surface area contributed by atoms with Crippen molar-refractivity contribution in [2.24, 2.45) is 0 Å². The highest BCUT2D eigenvalue weighted by molar-refractivity contribution is 7.19. The number of anilines is 2. The zero-order valence-corrected chi connectivity index (χ0v) is 9.68. The van der Waals surface area contributed by atoms with Gasteiger partial charge in [-0.25, -0.2) is 0 Å². The van der Waals surface area contributed by atoms with E-state index in [4.69, 9.17) is 5.73 Å². The van der Waals surface area contributed by atoms with Gasteiger partial charge in [-0.3, -0.25) is 20.2 Å². The Balaban J connectivity index is 2.11. The molecule has 0 saturated carbocycles. The van der Waals surface area contributed by atoms with Crippen LogP contribution in [0.5, 0.6) is 0 Å². The summed E-state index contributed by atoms with van der Waals surface area (Å²) in [5.74, 6) is -0.430. The van der Waals surface area contributed by atoms with Crippen LogP contribution < -0.4 is 11.1 Å². The van der Waals surface area contributed by atoms with E-state index in [1.807, 2.05) is 0 Å². The van der Waals surface area contributed by atoms with Gasteiger partial charge in [-0.2, -0.15) is 0 Å². The Hall–Kier alpha value is -2.55. The number of hydrogen-bond acceptors (Lipinski definition) is 7. The van der Waals surface area contributed by atoms with Gasteiger partial charge in [-0.15, -0.1) is 10.2 Å². The summed E-state index contributed by atoms with van der Waals surface area (Å²) < 4.78 is 0. The number of non-ortho nitro benzene ring substituents is 1. The van der Waals surface area contributed by atoms with Gasteiger partial charge in [-0.1, -0.05) is 11.3 Å². The van der Waals surface area contributed by atoms with Crippen LogP contribution in [0.25, 0.3) is 0 Å². The molecule has 1 amide bonds. The molecule has 3 N–H and O–H groups in total. The molecular weight excluding hydrogens is 258 g/mol. The van der Waals surface area contributed by atoms with E-state index >= 15 is 0 Å². The van der Waals surface area contributed by atoms with E-state index in [0.717, 1.165) is 11.3 Å². The minimum Gasteiger partial charge on any atom is -0.374 e. The van der Waals surface area contributed by atoms with Crippen LogP contribution in [0.1, 0.15) is 10.4 Å². The van der Waals surface area contributed by atoms with Gasteiger partial charge in [0.15, 0.2) is 0 Å². The molecule has 2 aromatic rings. The minimum absolute atomic E-state index is 0.0771. The lowest BCUT2D eigenvalue weighted by atomic mass is 10.2. The smallest absolute Gasteiger partial charge is 0.269 e. The van der Waals surface area contributed by atoms with Gasteiger partial charge in [0.2, 0.25) is 10.3 Å². The quantitative estimate of drug-likeness (QED) is 0.636. The lowest BCUT2D eigenvalue weighted by molar-refractivity contribution is -0.384. The fourth-order valence-corrected chi connectivity index (χ4v) is 1.69. The molecule has 0 saturated heterocycles. The summed E-state index contributed by atoms with van der Waals surface area (Å²) in [5.41, 5.74) is 5.57. The summed E-state index contributed by atoms with van der Waals surface area (Å²) in [6.45, 7) is 0. The first-order chi connectivity index (χ1) is 8.56. The molecule has 0 fully saturated rings. The van der Waals surface area contributed by atoms with Crippen LogP contribution in [-0.4, -0.2) is 21.0 Å². The summed E-state index contributed by atoms with van der Waals surface area (Å²) in [6.07, 6.45) is 0. The molecule has 9 heteroatoms. The molecule has 8 nitrogen and oxygen atoms in total. The van der Waals surface area contributed by atoms with Crippen LogP contribution in [0.3, 0.4) is 0 Å². The van der Waals surface area contributed by atoms with Gasteiger partial charge >= 0.3 is 0 Å². The van der Waals surface area contributed by atoms with E-state index in [2.05, 4.69) is 15.5 Å². The van der Waals surface area contributed by atoms with E-state index < -0.39 is 10.8 Å². The Labute approximate surface area is 105 Å². The van der Waals surface area contributed by atoms with E-state index in [9.17, 15) is 14.9 Å². The predicted molar refractivity (Wildman–Crippen MR) is 65.4 cm³/mol. The van der Waals surface area contributed by atoms with Crippen LogP contribution >= 0.6 is 11.3 Å². The highest BCUT2D eigenvalue weighted by Gasteiger charge is 2.11. The molecule has 1 heterocycles. The fraction of sp³-hybridized carbons (Fsp3) is 0. The van der Waals surface area contributed by atoms with E-state index in [1.165, 1.54) is 24.3 Å². The third-order valence-corrected chi connectivity index (χ3v) is 2.67. The maximum atomic E-state index is 11.7. The zero-order valence-electron chi connectivity index (χ0n) is 8.86. The molecule has 0 bridgehead atoms. The second kappa shape index (κ2) is 4.75. The standard InChI is InChI=1S/C9H7N5O3S/c10-8-12-13-9(18-8)11-7(15)5-1-3-6(4-2-5)14(16)17/h1-4H,(H2,10,12)(H,11,13,15). The molecule has 1 aromatic carbocycles. The number of aromatic nitrogens is 2. The predicted octanol–water partition coefficient (Wildman–Crippen LogP) is 1.28. The average Bonchev–Trinajstić information content (AvgIpc) is 2.75. The number of nitro groups is 1. The first kappa shape index (κ1) is 11.9. The molecule has 0 aliphatic rings. The van der Waals surface area contributed by atoms with Crippen LogP contribution in [0.15, 0.2) is 24.3 Å². The van der Waals surface area contributed by atoms with Gasteiger partial charge in [-0.05, 0) is 12.1 Å². The number of nitro benzene ring substituents is 1. The van der Waals surface area contributed by atoms with Crippen LogP contribution in [0.4, 0.5) is 16.0 Å². The Morgan fingerprint density at radius 3 is 2.50 bits per heavy atom. The summed E-state index contributed by atoms with van der Waals surface area (Å²) in [6, 6.07) is 5.22. The highest BCUT2D eigenvalue weighted by Crippen LogP contribution is 2.18. The molecule has 2 rings (SSSR count). The highest BCUT2D eigenvalue weighted by atomic mass is 32.1. The maximum Gasteiger partial charge on any atom is 0.269 e. The molecule has 0 radical (unpaired) electrons. The number of nitrogens with two attached hydrogens (primary N) is 1. The SMILES string of the molecule is Nc1nnc(NC(=O)c2ccc([N+](=O)[O-])cc2)s1. The maximum absolute atomic E-state index is 11.7. The molecular formula is C9H7N5O3S. The molecule has 92 valence electrons. The van der Waals surface area contributed by atoms with Gasteiger partial charge in [0.05, 0.1) is 4.92 Å². The number of benzene rings is 1. The van der Waals surface area contributed by atoms with Gasteiger partial charge < -0.3 is 5.73 Å².